The number of amides is 1. The number of nitrogens with zero attached hydrogens (tertiary/aromatic N) is 1. The number of anilines is 1. The number of aryl methyl sites for hydroxylation is 1. The summed E-state index contributed by atoms with van der Waals surface area (Å²) < 4.78 is 5.08. The Morgan fingerprint density at radius 3 is 2.57 bits per heavy atom. The van der Waals surface area contributed by atoms with Crippen molar-refractivity contribution in [2.45, 2.75) is 33.2 Å². The molecule has 0 bridgehead atoms. The molecule has 1 aliphatic rings. The van der Waals surface area contributed by atoms with Crippen molar-refractivity contribution in [2.75, 3.05) is 25.0 Å². The SMILES string of the molecule is CCOC(=O)c1ccccc1NC(=O)C1CCN(Cc2cccc(C)c2)CC1. The lowest BCUT2D eigenvalue weighted by Gasteiger charge is -2.31. The average molecular weight is 380 g/mol. The van der Waals surface area contributed by atoms with E-state index in [1.807, 2.05) is 6.07 Å². The van der Waals surface area contributed by atoms with Crippen molar-refractivity contribution in [1.82, 2.24) is 4.90 Å². The van der Waals surface area contributed by atoms with Crippen LogP contribution in [0.4, 0.5) is 5.69 Å². The number of esters is 1. The molecule has 5 nitrogen and oxygen atoms in total. The number of ether oxygens (including phenoxy) is 1. The van der Waals surface area contributed by atoms with Gasteiger partial charge in [-0.25, -0.2) is 4.79 Å². The number of likely N-dealkylation sites (tertiary alicyclic amines) is 1. The minimum Gasteiger partial charge on any atom is -0.462 e. The van der Waals surface area contributed by atoms with E-state index < -0.39 is 5.97 Å². The van der Waals surface area contributed by atoms with Crippen LogP contribution in [0.3, 0.4) is 0 Å². The molecule has 5 heteroatoms. The van der Waals surface area contributed by atoms with E-state index in [9.17, 15) is 9.59 Å². The summed E-state index contributed by atoms with van der Waals surface area (Å²) in [6.07, 6.45) is 1.64. The van der Waals surface area contributed by atoms with Crippen molar-refractivity contribution in [1.29, 1.82) is 0 Å². The molecule has 3 rings (SSSR count). The fourth-order valence-corrected chi connectivity index (χ4v) is 3.64. The largest absolute Gasteiger partial charge is 0.462 e. The zero-order valence-electron chi connectivity index (χ0n) is 16.6. The van der Waals surface area contributed by atoms with Crippen molar-refractivity contribution in [3.8, 4) is 0 Å². The highest BCUT2D eigenvalue weighted by molar-refractivity contribution is 6.01. The Kier molecular flexibility index (Phi) is 6.82. The lowest BCUT2D eigenvalue weighted by atomic mass is 9.95. The first-order valence-electron chi connectivity index (χ1n) is 9.91. The number of hydrogen-bond acceptors (Lipinski definition) is 4. The van der Waals surface area contributed by atoms with Crippen molar-refractivity contribution >= 4 is 17.6 Å². The summed E-state index contributed by atoms with van der Waals surface area (Å²) in [7, 11) is 0. The van der Waals surface area contributed by atoms with E-state index in [1.54, 1.807) is 25.1 Å². The summed E-state index contributed by atoms with van der Waals surface area (Å²) in [5.74, 6) is -0.470. The molecule has 0 aromatic heterocycles. The summed E-state index contributed by atoms with van der Waals surface area (Å²) >= 11 is 0. The Bertz CT molecular complexity index is 826. The van der Waals surface area contributed by atoms with Crippen LogP contribution in [0.5, 0.6) is 0 Å². The minimum absolute atomic E-state index is 0.0213. The van der Waals surface area contributed by atoms with Crippen LogP contribution in [-0.4, -0.2) is 36.5 Å². The van der Waals surface area contributed by atoms with Gasteiger partial charge in [0.25, 0.3) is 0 Å². The van der Waals surface area contributed by atoms with E-state index >= 15 is 0 Å². The van der Waals surface area contributed by atoms with E-state index in [1.165, 1.54) is 11.1 Å². The number of nitrogens with one attached hydrogen (secondary N) is 1. The number of hydrogen-bond donors (Lipinski definition) is 1. The van der Waals surface area contributed by atoms with Crippen LogP contribution >= 0.6 is 0 Å². The second-order valence-electron chi connectivity index (χ2n) is 7.29. The summed E-state index contributed by atoms with van der Waals surface area (Å²) in [5.41, 5.74) is 3.50. The fourth-order valence-electron chi connectivity index (χ4n) is 3.64. The van der Waals surface area contributed by atoms with Gasteiger partial charge in [0.1, 0.15) is 0 Å². The van der Waals surface area contributed by atoms with Crippen LogP contribution in [0.2, 0.25) is 0 Å². The molecule has 28 heavy (non-hydrogen) atoms. The molecule has 2 aromatic rings. The van der Waals surface area contributed by atoms with E-state index in [0.717, 1.165) is 32.5 Å². The van der Waals surface area contributed by atoms with Gasteiger partial charge in [0, 0.05) is 12.5 Å². The molecule has 1 N–H and O–H groups in total. The number of para-hydroxylation sites is 1. The summed E-state index contributed by atoms with van der Waals surface area (Å²) in [6.45, 7) is 6.89. The molecule has 1 saturated heterocycles. The first-order chi connectivity index (χ1) is 13.6. The Morgan fingerprint density at radius 2 is 1.86 bits per heavy atom. The molecule has 0 atom stereocenters. The Labute approximate surface area is 166 Å². The average Bonchev–Trinajstić information content (AvgIpc) is 2.69. The van der Waals surface area contributed by atoms with Crippen LogP contribution in [0, 0.1) is 12.8 Å². The third-order valence-electron chi connectivity index (χ3n) is 5.13. The Balaban J connectivity index is 1.55. The van der Waals surface area contributed by atoms with Gasteiger partial charge in [-0.3, -0.25) is 9.69 Å². The smallest absolute Gasteiger partial charge is 0.340 e. The van der Waals surface area contributed by atoms with Crippen LogP contribution in [0.25, 0.3) is 0 Å². The number of benzene rings is 2. The van der Waals surface area contributed by atoms with Crippen molar-refractivity contribution in [2.24, 2.45) is 5.92 Å². The topological polar surface area (TPSA) is 58.6 Å². The molecule has 1 heterocycles. The molecule has 0 unspecified atom stereocenters. The standard InChI is InChI=1S/C23H28N2O3/c1-3-28-23(27)20-9-4-5-10-21(20)24-22(26)19-11-13-25(14-12-19)16-18-8-6-7-17(2)15-18/h4-10,15,19H,3,11-14,16H2,1-2H3,(H,24,26). The molecule has 0 aliphatic carbocycles. The molecule has 1 amide bonds. The second-order valence-corrected chi connectivity index (χ2v) is 7.29. The molecule has 0 spiro atoms. The van der Waals surface area contributed by atoms with Crippen LogP contribution < -0.4 is 5.32 Å². The van der Waals surface area contributed by atoms with Crippen LogP contribution in [0.1, 0.15) is 41.3 Å². The van der Waals surface area contributed by atoms with Crippen LogP contribution in [0.15, 0.2) is 48.5 Å². The molecular weight excluding hydrogens is 352 g/mol. The molecule has 1 aliphatic heterocycles. The van der Waals surface area contributed by atoms with Gasteiger partial charge in [0.05, 0.1) is 17.9 Å². The van der Waals surface area contributed by atoms with Crippen LogP contribution in [-0.2, 0) is 16.1 Å². The highest BCUT2D eigenvalue weighted by Gasteiger charge is 2.26. The minimum atomic E-state index is -0.411. The Morgan fingerprint density at radius 1 is 1.11 bits per heavy atom. The highest BCUT2D eigenvalue weighted by Crippen LogP contribution is 2.23. The zero-order chi connectivity index (χ0) is 19.9. The first kappa shape index (κ1) is 20.1. The van der Waals surface area contributed by atoms with E-state index in [4.69, 9.17) is 4.74 Å². The van der Waals surface area contributed by atoms with Crippen molar-refractivity contribution < 1.29 is 14.3 Å². The molecule has 0 radical (unpaired) electrons. The number of rotatable bonds is 6. The van der Waals surface area contributed by atoms with Gasteiger partial charge in [-0.2, -0.15) is 0 Å². The van der Waals surface area contributed by atoms with Gasteiger partial charge in [0.2, 0.25) is 5.91 Å². The normalized spacial score (nSPS) is 15.2. The zero-order valence-corrected chi connectivity index (χ0v) is 16.6. The third kappa shape index (κ3) is 5.20. The fraction of sp³-hybridized carbons (Fsp3) is 0.391. The maximum Gasteiger partial charge on any atom is 0.340 e. The van der Waals surface area contributed by atoms with Gasteiger partial charge < -0.3 is 10.1 Å². The molecular formula is C23H28N2O3. The van der Waals surface area contributed by atoms with Gasteiger partial charge in [0.15, 0.2) is 0 Å². The molecule has 148 valence electrons. The summed E-state index contributed by atoms with van der Waals surface area (Å²) in [5, 5.41) is 2.93. The van der Waals surface area contributed by atoms with Gasteiger partial charge >= 0.3 is 5.97 Å². The quantitative estimate of drug-likeness (QED) is 0.769. The maximum absolute atomic E-state index is 12.7. The van der Waals surface area contributed by atoms with Crippen molar-refractivity contribution in [3.05, 3.63) is 65.2 Å². The van der Waals surface area contributed by atoms with E-state index in [2.05, 4.69) is 41.4 Å². The van der Waals surface area contributed by atoms with E-state index in [-0.39, 0.29) is 11.8 Å². The lowest BCUT2D eigenvalue weighted by molar-refractivity contribution is -0.121. The Hall–Kier alpha value is -2.66. The maximum atomic E-state index is 12.7. The monoisotopic (exact) mass is 380 g/mol. The number of carbonyl (C=O) groups excluding carboxylic acids is 2. The van der Waals surface area contributed by atoms with Gasteiger partial charge in [-0.15, -0.1) is 0 Å². The summed E-state index contributed by atoms with van der Waals surface area (Å²) in [4.78, 5) is 27.2. The second kappa shape index (κ2) is 9.51. The van der Waals surface area contributed by atoms with E-state index in [0.29, 0.717) is 17.9 Å². The number of carbonyl (C=O) groups is 2. The summed E-state index contributed by atoms with van der Waals surface area (Å²) in [6, 6.07) is 15.6. The number of piperidine rings is 1. The predicted octanol–water partition coefficient (Wildman–Crippen LogP) is 4.02. The highest BCUT2D eigenvalue weighted by atomic mass is 16.5. The first-order valence-corrected chi connectivity index (χ1v) is 9.91. The van der Waals surface area contributed by atoms with Gasteiger partial charge in [-0.1, -0.05) is 42.0 Å². The molecule has 0 saturated carbocycles. The molecule has 2 aromatic carbocycles. The van der Waals surface area contributed by atoms with Gasteiger partial charge in [-0.05, 0) is 57.5 Å². The molecule has 1 fully saturated rings. The predicted molar refractivity (Wildman–Crippen MR) is 110 cm³/mol. The third-order valence-corrected chi connectivity index (χ3v) is 5.13. The van der Waals surface area contributed by atoms with Crippen molar-refractivity contribution in [3.63, 3.8) is 0 Å². The lowest BCUT2D eigenvalue weighted by Crippen LogP contribution is -2.37.